The second-order valence-corrected chi connectivity index (χ2v) is 7.97. The molecule has 2 fully saturated rings. The van der Waals surface area contributed by atoms with E-state index < -0.39 is 44.9 Å². The number of methoxy groups -OCH3 is 1. The summed E-state index contributed by atoms with van der Waals surface area (Å²) >= 11 is 0. The number of phosphoric ester groups is 1. The number of carbonyl (C=O) groups excluding carboxylic acids is 1. The fourth-order valence-corrected chi connectivity index (χ4v) is 3.53. The summed E-state index contributed by atoms with van der Waals surface area (Å²) in [7, 11) is -3.17. The highest BCUT2D eigenvalue weighted by atomic mass is 31.2. The number of phosphoric acid groups is 1. The number of nitrogens with two attached hydrogens (primary N) is 1. The lowest BCUT2D eigenvalue weighted by molar-refractivity contribution is -0.123. The van der Waals surface area contributed by atoms with Crippen molar-refractivity contribution in [3.8, 4) is 6.07 Å². The first-order valence-corrected chi connectivity index (χ1v) is 10.5. The van der Waals surface area contributed by atoms with E-state index in [2.05, 4.69) is 9.84 Å². The Balaban J connectivity index is 1.96. The summed E-state index contributed by atoms with van der Waals surface area (Å²) in [5.41, 5.74) is 5.73. The third kappa shape index (κ3) is 7.33. The summed E-state index contributed by atoms with van der Waals surface area (Å²) in [6.07, 6.45) is -1.26. The van der Waals surface area contributed by atoms with E-state index >= 15 is 0 Å². The normalized spacial score (nSPS) is 32.8. The lowest BCUT2D eigenvalue weighted by Gasteiger charge is -2.22. The average molecular weight is 435 g/mol. The van der Waals surface area contributed by atoms with Gasteiger partial charge in [0.2, 0.25) is 0 Å². The van der Waals surface area contributed by atoms with Gasteiger partial charge in [-0.3, -0.25) is 9.32 Å². The first-order chi connectivity index (χ1) is 13.6. The van der Waals surface area contributed by atoms with Crippen LogP contribution in [0, 0.1) is 11.3 Å². The number of allylic oxidation sites excluding steroid dienone is 1. The van der Waals surface area contributed by atoms with E-state index in [0.29, 0.717) is 12.8 Å². The molecule has 2 aliphatic heterocycles. The summed E-state index contributed by atoms with van der Waals surface area (Å²) in [5.74, 6) is -0.910. The smallest absolute Gasteiger partial charge is 0.469 e. The van der Waals surface area contributed by atoms with Gasteiger partial charge in [0.05, 0.1) is 31.0 Å². The molecule has 1 amide bonds. The number of nitrogens with zero attached hydrogens (tertiary/aromatic N) is 1. The SMILES string of the molecule is COC1CC(N)OC1CNC(=O)/C(=C\C#N)OC1CC(C)OC1COP(=O)(O)O. The molecule has 29 heavy (non-hydrogen) atoms. The van der Waals surface area contributed by atoms with Crippen LogP contribution in [0.25, 0.3) is 0 Å². The number of ether oxygens (including phenoxy) is 4. The van der Waals surface area contributed by atoms with Crippen LogP contribution < -0.4 is 11.1 Å². The van der Waals surface area contributed by atoms with Crippen LogP contribution in [0.5, 0.6) is 0 Å². The third-order valence-corrected chi connectivity index (χ3v) is 4.97. The molecule has 12 nitrogen and oxygen atoms in total. The number of hydrogen-bond acceptors (Lipinski definition) is 9. The minimum Gasteiger partial charge on any atom is -0.481 e. The molecule has 6 atom stereocenters. The molecule has 0 radical (unpaired) electrons. The Morgan fingerprint density at radius 3 is 2.69 bits per heavy atom. The van der Waals surface area contributed by atoms with Crippen LogP contribution in [0.3, 0.4) is 0 Å². The first kappa shape index (κ1) is 23.7. The molecule has 0 aliphatic carbocycles. The number of hydrogen-bond donors (Lipinski definition) is 4. The van der Waals surface area contributed by atoms with Crippen molar-refractivity contribution in [2.75, 3.05) is 20.3 Å². The standard InChI is InChI=1S/C16H26N3O9P/c1-9-5-12(14(26-9)8-25-29(21,22)23)27-10(3-4-17)16(20)19-7-13-11(24-2)6-15(18)28-13/h3,9,11-15H,5-8,18H2,1-2H3,(H,19,20)(H2,21,22,23)/b10-3+. The maximum absolute atomic E-state index is 12.5. The van der Waals surface area contributed by atoms with Gasteiger partial charge in [-0.1, -0.05) is 0 Å². The van der Waals surface area contributed by atoms with Gasteiger partial charge in [0.1, 0.15) is 24.5 Å². The van der Waals surface area contributed by atoms with Crippen LogP contribution >= 0.6 is 7.82 Å². The molecule has 2 rings (SSSR count). The van der Waals surface area contributed by atoms with Crippen LogP contribution in [-0.2, 0) is 32.8 Å². The zero-order valence-electron chi connectivity index (χ0n) is 16.1. The summed E-state index contributed by atoms with van der Waals surface area (Å²) in [6, 6.07) is 1.74. The summed E-state index contributed by atoms with van der Waals surface area (Å²) in [5, 5.41) is 11.6. The maximum Gasteiger partial charge on any atom is 0.469 e. The van der Waals surface area contributed by atoms with E-state index in [1.165, 1.54) is 7.11 Å². The second-order valence-electron chi connectivity index (χ2n) is 6.73. The Morgan fingerprint density at radius 2 is 2.07 bits per heavy atom. The molecule has 2 aliphatic rings. The van der Waals surface area contributed by atoms with E-state index in [1.807, 2.05) is 0 Å². The van der Waals surface area contributed by atoms with Gasteiger partial charge in [-0.05, 0) is 6.92 Å². The highest BCUT2D eigenvalue weighted by molar-refractivity contribution is 7.46. The number of carbonyl (C=O) groups is 1. The van der Waals surface area contributed by atoms with Crippen molar-refractivity contribution < 1.29 is 42.6 Å². The van der Waals surface area contributed by atoms with E-state index in [1.54, 1.807) is 13.0 Å². The highest BCUT2D eigenvalue weighted by Gasteiger charge is 2.38. The second kappa shape index (κ2) is 10.5. The van der Waals surface area contributed by atoms with Gasteiger partial charge in [0, 0.05) is 26.5 Å². The van der Waals surface area contributed by atoms with E-state index in [0.717, 1.165) is 6.08 Å². The Morgan fingerprint density at radius 1 is 1.34 bits per heavy atom. The van der Waals surface area contributed by atoms with Crippen molar-refractivity contribution in [2.24, 2.45) is 5.73 Å². The predicted molar refractivity (Wildman–Crippen MR) is 96.8 cm³/mol. The van der Waals surface area contributed by atoms with Crippen molar-refractivity contribution in [1.82, 2.24) is 5.32 Å². The number of rotatable bonds is 9. The van der Waals surface area contributed by atoms with Crippen molar-refractivity contribution >= 4 is 13.7 Å². The zero-order valence-corrected chi connectivity index (χ0v) is 17.0. The van der Waals surface area contributed by atoms with Crippen LogP contribution in [0.1, 0.15) is 19.8 Å². The monoisotopic (exact) mass is 435 g/mol. The molecular weight excluding hydrogens is 409 g/mol. The molecular formula is C16H26N3O9P. The molecule has 0 aromatic heterocycles. The molecule has 0 aromatic rings. The lowest BCUT2D eigenvalue weighted by Crippen LogP contribution is -2.40. The van der Waals surface area contributed by atoms with Gasteiger partial charge >= 0.3 is 7.82 Å². The number of amides is 1. The van der Waals surface area contributed by atoms with Crippen LogP contribution in [0.15, 0.2) is 11.8 Å². The van der Waals surface area contributed by atoms with Crippen molar-refractivity contribution in [1.29, 1.82) is 5.26 Å². The molecule has 164 valence electrons. The molecule has 13 heteroatoms. The van der Waals surface area contributed by atoms with Gasteiger partial charge in [0.25, 0.3) is 5.91 Å². The van der Waals surface area contributed by atoms with E-state index in [9.17, 15) is 9.36 Å². The molecule has 0 bridgehead atoms. The molecule has 0 aromatic carbocycles. The predicted octanol–water partition coefficient (Wildman–Crippen LogP) is -0.729. The zero-order chi connectivity index (χ0) is 21.6. The van der Waals surface area contributed by atoms with Crippen molar-refractivity contribution in [3.05, 3.63) is 11.8 Å². The van der Waals surface area contributed by atoms with E-state index in [4.69, 9.17) is 39.7 Å². The summed E-state index contributed by atoms with van der Waals surface area (Å²) < 4.78 is 37.3. The van der Waals surface area contributed by atoms with Crippen LogP contribution in [0.4, 0.5) is 0 Å². The fourth-order valence-electron chi connectivity index (χ4n) is 3.19. The van der Waals surface area contributed by atoms with Gasteiger partial charge in [-0.15, -0.1) is 0 Å². The number of nitrogens with one attached hydrogen (secondary N) is 1. The van der Waals surface area contributed by atoms with Gasteiger partial charge in [-0.2, -0.15) is 5.26 Å². The topological polar surface area (TPSA) is 183 Å². The average Bonchev–Trinajstić information content (AvgIpc) is 3.18. The molecule has 0 saturated carbocycles. The first-order valence-electron chi connectivity index (χ1n) is 8.97. The Kier molecular flexibility index (Phi) is 8.57. The van der Waals surface area contributed by atoms with Crippen LogP contribution in [0.2, 0.25) is 0 Å². The largest absolute Gasteiger partial charge is 0.481 e. The maximum atomic E-state index is 12.5. The molecule has 5 N–H and O–H groups in total. The summed E-state index contributed by atoms with van der Waals surface area (Å²) in [4.78, 5) is 30.2. The van der Waals surface area contributed by atoms with E-state index in [-0.39, 0.29) is 24.5 Å². The van der Waals surface area contributed by atoms with Gasteiger partial charge in [0.15, 0.2) is 5.76 Å². The minimum atomic E-state index is -4.69. The number of nitriles is 1. The Labute approximate surface area is 168 Å². The lowest BCUT2D eigenvalue weighted by atomic mass is 10.1. The van der Waals surface area contributed by atoms with Crippen molar-refractivity contribution in [2.45, 2.75) is 56.5 Å². The van der Waals surface area contributed by atoms with Gasteiger partial charge < -0.3 is 39.8 Å². The summed E-state index contributed by atoms with van der Waals surface area (Å²) in [6.45, 7) is 1.41. The van der Waals surface area contributed by atoms with Crippen molar-refractivity contribution in [3.63, 3.8) is 0 Å². The third-order valence-electron chi connectivity index (χ3n) is 4.49. The molecule has 6 unspecified atom stereocenters. The quantitative estimate of drug-likeness (QED) is 0.155. The van der Waals surface area contributed by atoms with Crippen LogP contribution in [-0.4, -0.2) is 72.7 Å². The highest BCUT2D eigenvalue weighted by Crippen LogP contribution is 2.37. The molecule has 2 saturated heterocycles. The fraction of sp³-hybridized carbons (Fsp3) is 0.750. The Hall–Kier alpha value is -1.55. The Bertz CT molecular complexity index is 692. The minimum absolute atomic E-state index is 0.0967. The molecule has 2 heterocycles. The molecule has 0 spiro atoms. The van der Waals surface area contributed by atoms with Gasteiger partial charge in [-0.25, -0.2) is 4.57 Å².